The van der Waals surface area contributed by atoms with Gasteiger partial charge >= 0.3 is 121 Å². The molecule has 0 heterocycles. The normalized spacial score (nSPS) is 13.4. The third-order valence-electron chi connectivity index (χ3n) is 2.25. The number of hydrogen-bond donors (Lipinski definition) is 2. The van der Waals surface area contributed by atoms with Gasteiger partial charge in [0.05, 0.1) is 0 Å². The molecule has 96 valence electrons. The van der Waals surface area contributed by atoms with Gasteiger partial charge in [-0.1, -0.05) is 0 Å². The van der Waals surface area contributed by atoms with E-state index in [9.17, 15) is 9.59 Å². The molecule has 0 aliphatic heterocycles. The number of hydrogen-bond acceptors (Lipinski definition) is 6. The summed E-state index contributed by atoms with van der Waals surface area (Å²) < 4.78 is 9.52. The van der Waals surface area contributed by atoms with Crippen LogP contribution in [0.1, 0.15) is 13.8 Å². The van der Waals surface area contributed by atoms with Gasteiger partial charge in [0.25, 0.3) is 0 Å². The molecule has 7 heteroatoms. The minimum atomic E-state index is -1.48. The predicted octanol–water partition coefficient (Wildman–Crippen LogP) is 1.63. The molecule has 0 amide bonds. The van der Waals surface area contributed by atoms with E-state index in [2.05, 4.69) is 25.3 Å². The summed E-state index contributed by atoms with van der Waals surface area (Å²) >= 11 is 6.83. The van der Waals surface area contributed by atoms with E-state index in [0.29, 0.717) is 24.7 Å². The molecule has 0 saturated carbocycles. The first kappa shape index (κ1) is 17.3. The van der Waals surface area contributed by atoms with Crippen molar-refractivity contribution in [3.8, 4) is 0 Å². The van der Waals surface area contributed by atoms with Crippen LogP contribution >= 0.6 is 25.3 Å². The second-order valence-corrected chi connectivity index (χ2v) is 9.35. The summed E-state index contributed by atoms with van der Waals surface area (Å²) in [5.74, 6) is 0.391. The van der Waals surface area contributed by atoms with Crippen molar-refractivity contribution in [2.45, 2.75) is 22.9 Å². The Bertz CT molecular complexity index is 226. The van der Waals surface area contributed by atoms with E-state index in [1.54, 1.807) is 13.8 Å². The van der Waals surface area contributed by atoms with Crippen LogP contribution in [0.2, 0.25) is 9.02 Å². The fraction of sp³-hybridized carbons (Fsp3) is 0.800. The van der Waals surface area contributed by atoms with Crippen molar-refractivity contribution in [1.82, 2.24) is 0 Å². The number of rotatable bonds is 8. The van der Waals surface area contributed by atoms with Gasteiger partial charge in [0.2, 0.25) is 0 Å². The van der Waals surface area contributed by atoms with Gasteiger partial charge in [0.1, 0.15) is 0 Å². The Morgan fingerprint density at radius 1 is 1.00 bits per heavy atom. The first-order chi connectivity index (χ1) is 8.10. The number of thiol groups is 2. The quantitative estimate of drug-likeness (QED) is 0.403. The van der Waals surface area contributed by atoms with E-state index in [1.165, 1.54) is 0 Å². The molecule has 0 N–H and O–H groups in total. The Balaban J connectivity index is 4.40. The Labute approximate surface area is 121 Å². The number of ether oxygens (including phenoxy) is 2. The third kappa shape index (κ3) is 6.68. The second kappa shape index (κ2) is 10.2. The molecule has 0 aromatic heterocycles. The average Bonchev–Trinajstić information content (AvgIpc) is 2.31. The molecule has 0 rings (SSSR count). The molecular formula is C10H18O4S2Zn. The van der Waals surface area contributed by atoms with E-state index in [1.807, 2.05) is 0 Å². The van der Waals surface area contributed by atoms with Crippen LogP contribution in [0.3, 0.4) is 0 Å². The summed E-state index contributed by atoms with van der Waals surface area (Å²) in [4.78, 5) is 23.2. The van der Waals surface area contributed by atoms with E-state index in [-0.39, 0.29) is 21.0 Å². The molecule has 0 aliphatic carbocycles. The van der Waals surface area contributed by atoms with Gasteiger partial charge in [-0.25, -0.2) is 0 Å². The molecule has 0 bridgehead atoms. The number of carbonyl (C=O) groups excluding carboxylic acids is 2. The van der Waals surface area contributed by atoms with Crippen LogP contribution < -0.4 is 0 Å². The fourth-order valence-electron chi connectivity index (χ4n) is 1.35. The van der Waals surface area contributed by atoms with Crippen molar-refractivity contribution in [2.24, 2.45) is 0 Å². The summed E-state index contributed by atoms with van der Waals surface area (Å²) in [7, 11) is 0. The molecule has 2 atom stereocenters. The summed E-state index contributed by atoms with van der Waals surface area (Å²) in [5.41, 5.74) is 0. The SMILES string of the molecule is CCOC(=O)[CH](CS)[Zn][CH](CS)C(=O)OCC. The van der Waals surface area contributed by atoms with Crippen molar-refractivity contribution < 1.29 is 36.2 Å². The van der Waals surface area contributed by atoms with Crippen LogP contribution in [0.4, 0.5) is 0 Å². The van der Waals surface area contributed by atoms with E-state index in [0.717, 1.165) is 0 Å². The number of esters is 2. The Kier molecular flexibility index (Phi) is 10.4. The van der Waals surface area contributed by atoms with Crippen LogP contribution in [-0.2, 0) is 36.2 Å². The summed E-state index contributed by atoms with van der Waals surface area (Å²) in [6.45, 7) is 4.25. The van der Waals surface area contributed by atoms with Crippen molar-refractivity contribution in [2.75, 3.05) is 24.7 Å². The maximum absolute atomic E-state index is 11.6. The zero-order valence-corrected chi connectivity index (χ0v) is 15.0. The van der Waals surface area contributed by atoms with E-state index < -0.39 is 17.1 Å². The second-order valence-electron chi connectivity index (χ2n) is 3.50. The van der Waals surface area contributed by atoms with Crippen molar-refractivity contribution in [1.29, 1.82) is 0 Å². The van der Waals surface area contributed by atoms with Gasteiger partial charge in [-0.05, 0) is 0 Å². The molecule has 4 nitrogen and oxygen atoms in total. The minimum absolute atomic E-state index is 0.202. The molecule has 0 radical (unpaired) electrons. The van der Waals surface area contributed by atoms with Gasteiger partial charge in [-0.15, -0.1) is 0 Å². The molecule has 0 aromatic rings. The summed E-state index contributed by atoms with van der Waals surface area (Å²) in [5, 5.41) is 0. The van der Waals surface area contributed by atoms with Crippen LogP contribution in [0, 0.1) is 0 Å². The first-order valence-corrected chi connectivity index (χ1v) is 10.3. The Morgan fingerprint density at radius 2 is 1.35 bits per heavy atom. The zero-order chi connectivity index (χ0) is 13.3. The van der Waals surface area contributed by atoms with Crippen molar-refractivity contribution in [3.63, 3.8) is 0 Å². The van der Waals surface area contributed by atoms with Crippen LogP contribution in [0.25, 0.3) is 0 Å². The molecule has 2 unspecified atom stereocenters. The van der Waals surface area contributed by atoms with Gasteiger partial charge in [0.15, 0.2) is 0 Å². The fourth-order valence-corrected chi connectivity index (χ4v) is 6.57. The summed E-state index contributed by atoms with van der Waals surface area (Å²) in [6.07, 6.45) is 0. The van der Waals surface area contributed by atoms with E-state index in [4.69, 9.17) is 9.47 Å². The summed E-state index contributed by atoms with van der Waals surface area (Å²) in [6, 6.07) is 0. The molecule has 0 saturated heterocycles. The van der Waals surface area contributed by atoms with E-state index >= 15 is 0 Å². The van der Waals surface area contributed by atoms with Gasteiger partial charge < -0.3 is 0 Å². The maximum atomic E-state index is 11.6. The molecular weight excluding hydrogens is 314 g/mol. The topological polar surface area (TPSA) is 52.6 Å². The van der Waals surface area contributed by atoms with Gasteiger partial charge in [0, 0.05) is 0 Å². The zero-order valence-electron chi connectivity index (χ0n) is 10.2. The van der Waals surface area contributed by atoms with Gasteiger partial charge in [-0.3, -0.25) is 0 Å². The molecule has 0 fully saturated rings. The molecule has 0 spiro atoms. The molecule has 0 aliphatic rings. The first-order valence-electron chi connectivity index (χ1n) is 5.65. The predicted molar refractivity (Wildman–Crippen MR) is 68.5 cm³/mol. The van der Waals surface area contributed by atoms with Crippen LogP contribution in [0.5, 0.6) is 0 Å². The Hall–Kier alpha value is 0.263. The average molecular weight is 332 g/mol. The van der Waals surface area contributed by atoms with Crippen LogP contribution in [-0.4, -0.2) is 36.7 Å². The van der Waals surface area contributed by atoms with Crippen LogP contribution in [0.15, 0.2) is 0 Å². The molecule has 0 aromatic carbocycles. The molecule has 17 heavy (non-hydrogen) atoms. The standard InChI is InChI=1S/2C5H9O2S.Zn/c2*1-2-7-5(6)3-4-8;/h2*3,8H,2,4H2,1H3;. The van der Waals surface area contributed by atoms with Crippen molar-refractivity contribution in [3.05, 3.63) is 0 Å². The monoisotopic (exact) mass is 330 g/mol. The number of carbonyl (C=O) groups is 2. The third-order valence-corrected chi connectivity index (χ3v) is 10.2. The van der Waals surface area contributed by atoms with Gasteiger partial charge in [-0.2, -0.15) is 0 Å². The Morgan fingerprint density at radius 3 is 1.59 bits per heavy atom. The van der Waals surface area contributed by atoms with Crippen molar-refractivity contribution >= 4 is 37.2 Å².